The zero-order valence-electron chi connectivity index (χ0n) is 14.0. The molecule has 0 atom stereocenters. The van der Waals surface area contributed by atoms with Gasteiger partial charge in [-0.2, -0.15) is 0 Å². The standard InChI is InChI=1S/C17H23N5O2/c1-19-17(21-10-14-6-7-22(2)11-14)20-9-13-4-3-5-15(8-13)24-12-16(18)23/h3-8,11H,9-10,12H2,1-2H3,(H2,18,23)(H2,19,20,21). The molecule has 0 saturated carbocycles. The van der Waals surface area contributed by atoms with E-state index in [9.17, 15) is 4.79 Å². The highest BCUT2D eigenvalue weighted by Crippen LogP contribution is 2.13. The van der Waals surface area contributed by atoms with Crippen LogP contribution in [0.3, 0.4) is 0 Å². The normalized spacial score (nSPS) is 11.2. The highest BCUT2D eigenvalue weighted by molar-refractivity contribution is 5.79. The SMILES string of the molecule is CN=C(NCc1cccc(OCC(N)=O)c1)NCc1ccn(C)c1. The average Bonchev–Trinajstić information content (AvgIpc) is 2.99. The van der Waals surface area contributed by atoms with Gasteiger partial charge in [0, 0.05) is 39.6 Å². The van der Waals surface area contributed by atoms with Crippen LogP contribution >= 0.6 is 0 Å². The predicted octanol–water partition coefficient (Wildman–Crippen LogP) is 0.754. The van der Waals surface area contributed by atoms with Crippen LogP contribution in [0.4, 0.5) is 0 Å². The minimum Gasteiger partial charge on any atom is -0.484 e. The summed E-state index contributed by atoms with van der Waals surface area (Å²) in [5, 5.41) is 6.50. The molecule has 0 radical (unpaired) electrons. The van der Waals surface area contributed by atoms with Crippen LogP contribution in [0, 0.1) is 0 Å². The number of primary amides is 1. The zero-order chi connectivity index (χ0) is 17.4. The first-order chi connectivity index (χ1) is 11.6. The fourth-order valence-corrected chi connectivity index (χ4v) is 2.16. The van der Waals surface area contributed by atoms with Crippen LogP contribution < -0.4 is 21.1 Å². The van der Waals surface area contributed by atoms with E-state index < -0.39 is 5.91 Å². The quantitative estimate of drug-likeness (QED) is 0.516. The number of aliphatic imine (C=N–C) groups is 1. The second-order valence-corrected chi connectivity index (χ2v) is 5.37. The molecular formula is C17H23N5O2. The van der Waals surface area contributed by atoms with E-state index in [1.165, 1.54) is 5.56 Å². The van der Waals surface area contributed by atoms with Gasteiger partial charge in [-0.05, 0) is 29.3 Å². The van der Waals surface area contributed by atoms with Gasteiger partial charge in [-0.3, -0.25) is 9.79 Å². The third-order valence-corrected chi connectivity index (χ3v) is 3.32. The number of aromatic nitrogens is 1. The summed E-state index contributed by atoms with van der Waals surface area (Å²) >= 11 is 0. The van der Waals surface area contributed by atoms with Crippen LogP contribution in [0.1, 0.15) is 11.1 Å². The number of nitrogens with one attached hydrogen (secondary N) is 2. The Morgan fingerprint density at radius 1 is 1.25 bits per heavy atom. The van der Waals surface area contributed by atoms with Gasteiger partial charge in [-0.15, -0.1) is 0 Å². The van der Waals surface area contributed by atoms with E-state index in [4.69, 9.17) is 10.5 Å². The van der Waals surface area contributed by atoms with Crippen LogP contribution in [0.25, 0.3) is 0 Å². The van der Waals surface area contributed by atoms with Gasteiger partial charge in [0.2, 0.25) is 0 Å². The van der Waals surface area contributed by atoms with Crippen molar-refractivity contribution in [3.05, 3.63) is 53.9 Å². The van der Waals surface area contributed by atoms with Gasteiger partial charge in [-0.25, -0.2) is 0 Å². The van der Waals surface area contributed by atoms with Crippen molar-refractivity contribution in [2.75, 3.05) is 13.7 Å². The summed E-state index contributed by atoms with van der Waals surface area (Å²) in [6.07, 6.45) is 4.06. The second-order valence-electron chi connectivity index (χ2n) is 5.37. The summed E-state index contributed by atoms with van der Waals surface area (Å²) in [6, 6.07) is 9.54. The summed E-state index contributed by atoms with van der Waals surface area (Å²) in [5.41, 5.74) is 7.27. The number of ether oxygens (including phenoxy) is 1. The molecule has 7 heteroatoms. The van der Waals surface area contributed by atoms with Crippen molar-refractivity contribution >= 4 is 11.9 Å². The van der Waals surface area contributed by atoms with Gasteiger partial charge in [0.25, 0.3) is 5.91 Å². The van der Waals surface area contributed by atoms with Gasteiger partial charge in [0.15, 0.2) is 12.6 Å². The maximum Gasteiger partial charge on any atom is 0.255 e. The molecule has 0 aliphatic rings. The topological polar surface area (TPSA) is 93.7 Å². The zero-order valence-corrected chi connectivity index (χ0v) is 14.0. The largest absolute Gasteiger partial charge is 0.484 e. The van der Waals surface area contributed by atoms with E-state index in [1.807, 2.05) is 36.0 Å². The van der Waals surface area contributed by atoms with Crippen LogP contribution in [0.15, 0.2) is 47.7 Å². The number of guanidine groups is 1. The molecule has 1 amide bonds. The Hall–Kier alpha value is -2.96. The Morgan fingerprint density at radius 2 is 2.00 bits per heavy atom. The van der Waals surface area contributed by atoms with Crippen molar-refractivity contribution in [1.29, 1.82) is 0 Å². The number of rotatable bonds is 7. The van der Waals surface area contributed by atoms with E-state index in [2.05, 4.69) is 27.9 Å². The van der Waals surface area contributed by atoms with E-state index >= 15 is 0 Å². The lowest BCUT2D eigenvalue weighted by molar-refractivity contribution is -0.119. The van der Waals surface area contributed by atoms with Crippen LogP contribution in [-0.4, -0.2) is 30.1 Å². The smallest absolute Gasteiger partial charge is 0.255 e. The fraction of sp³-hybridized carbons (Fsp3) is 0.294. The van der Waals surface area contributed by atoms with Crippen LogP contribution in [0.5, 0.6) is 5.75 Å². The molecule has 4 N–H and O–H groups in total. The number of hydrogen-bond acceptors (Lipinski definition) is 3. The molecule has 1 aromatic heterocycles. The lowest BCUT2D eigenvalue weighted by Gasteiger charge is -2.12. The summed E-state index contributed by atoms with van der Waals surface area (Å²) in [7, 11) is 3.72. The van der Waals surface area contributed by atoms with E-state index in [0.717, 1.165) is 5.56 Å². The molecule has 0 aliphatic heterocycles. The third kappa shape index (κ3) is 5.68. The maximum atomic E-state index is 10.8. The number of carbonyl (C=O) groups is 1. The number of benzene rings is 1. The number of carbonyl (C=O) groups excluding carboxylic acids is 1. The van der Waals surface area contributed by atoms with Crippen LogP contribution in [0.2, 0.25) is 0 Å². The average molecular weight is 329 g/mol. The molecule has 1 aromatic carbocycles. The van der Waals surface area contributed by atoms with Gasteiger partial charge in [0.05, 0.1) is 0 Å². The minimum atomic E-state index is -0.496. The second kappa shape index (κ2) is 8.61. The molecule has 0 spiro atoms. The van der Waals surface area contributed by atoms with Crippen molar-refractivity contribution in [3.8, 4) is 5.75 Å². The van der Waals surface area contributed by atoms with Gasteiger partial charge in [0.1, 0.15) is 5.75 Å². The molecule has 7 nitrogen and oxygen atoms in total. The Labute approximate surface area is 141 Å². The van der Waals surface area contributed by atoms with E-state index in [1.54, 1.807) is 13.1 Å². The minimum absolute atomic E-state index is 0.128. The lowest BCUT2D eigenvalue weighted by atomic mass is 10.2. The highest BCUT2D eigenvalue weighted by Gasteiger charge is 2.02. The Kier molecular flexibility index (Phi) is 6.24. The molecule has 0 unspecified atom stereocenters. The Bertz CT molecular complexity index is 709. The summed E-state index contributed by atoms with van der Waals surface area (Å²) in [6.45, 7) is 1.15. The molecule has 0 fully saturated rings. The highest BCUT2D eigenvalue weighted by atomic mass is 16.5. The molecule has 2 aromatic rings. The fourth-order valence-electron chi connectivity index (χ4n) is 2.16. The number of nitrogens with two attached hydrogens (primary N) is 1. The summed E-state index contributed by atoms with van der Waals surface area (Å²) < 4.78 is 7.30. The van der Waals surface area contributed by atoms with Crippen molar-refractivity contribution in [3.63, 3.8) is 0 Å². The Morgan fingerprint density at radius 3 is 2.62 bits per heavy atom. The molecule has 1 heterocycles. The third-order valence-electron chi connectivity index (χ3n) is 3.32. The van der Waals surface area contributed by atoms with Crippen molar-refractivity contribution in [2.45, 2.75) is 13.1 Å². The van der Waals surface area contributed by atoms with E-state index in [-0.39, 0.29) is 6.61 Å². The van der Waals surface area contributed by atoms with Crippen LogP contribution in [-0.2, 0) is 24.9 Å². The molecule has 128 valence electrons. The van der Waals surface area contributed by atoms with Crippen molar-refractivity contribution in [2.24, 2.45) is 17.8 Å². The monoisotopic (exact) mass is 329 g/mol. The molecule has 0 saturated heterocycles. The summed E-state index contributed by atoms with van der Waals surface area (Å²) in [5.74, 6) is 0.826. The summed E-state index contributed by atoms with van der Waals surface area (Å²) in [4.78, 5) is 15.0. The maximum absolute atomic E-state index is 10.8. The Balaban J connectivity index is 1.84. The molecule has 24 heavy (non-hydrogen) atoms. The number of nitrogens with zero attached hydrogens (tertiary/aromatic N) is 2. The number of amides is 1. The first kappa shape index (κ1) is 17.4. The van der Waals surface area contributed by atoms with Gasteiger partial charge < -0.3 is 25.7 Å². The number of aryl methyl sites for hydroxylation is 1. The van der Waals surface area contributed by atoms with Crippen molar-refractivity contribution in [1.82, 2.24) is 15.2 Å². The van der Waals surface area contributed by atoms with E-state index in [0.29, 0.717) is 24.8 Å². The van der Waals surface area contributed by atoms with Gasteiger partial charge >= 0.3 is 0 Å². The number of hydrogen-bond donors (Lipinski definition) is 3. The van der Waals surface area contributed by atoms with Gasteiger partial charge in [-0.1, -0.05) is 12.1 Å². The first-order valence-corrected chi connectivity index (χ1v) is 7.62. The molecule has 2 rings (SSSR count). The molecule has 0 aliphatic carbocycles. The molecular weight excluding hydrogens is 306 g/mol. The molecule has 0 bridgehead atoms. The predicted molar refractivity (Wildman–Crippen MR) is 93.6 cm³/mol. The first-order valence-electron chi connectivity index (χ1n) is 7.62. The van der Waals surface area contributed by atoms with Crippen molar-refractivity contribution < 1.29 is 9.53 Å². The lowest BCUT2D eigenvalue weighted by Crippen LogP contribution is -2.36.